The molecule has 0 bridgehead atoms. The van der Waals surface area contributed by atoms with E-state index in [4.69, 9.17) is 4.74 Å². The highest BCUT2D eigenvalue weighted by molar-refractivity contribution is 4.69. The Morgan fingerprint density at radius 3 is 2.41 bits per heavy atom. The lowest BCUT2D eigenvalue weighted by Crippen LogP contribution is -2.36. The number of nitrogens with zero attached hydrogens (tertiary/aromatic N) is 1. The Bertz CT molecular complexity index is 183. The summed E-state index contributed by atoms with van der Waals surface area (Å²) >= 11 is 0. The first-order valence-electron chi connectivity index (χ1n) is 7.13. The molecular formula is C14H30N2O. The van der Waals surface area contributed by atoms with Gasteiger partial charge in [0.2, 0.25) is 0 Å². The molecule has 0 aliphatic carbocycles. The Morgan fingerprint density at radius 2 is 1.76 bits per heavy atom. The highest BCUT2D eigenvalue weighted by Gasteiger charge is 2.10. The van der Waals surface area contributed by atoms with Crippen LogP contribution in [0.5, 0.6) is 0 Å². The van der Waals surface area contributed by atoms with E-state index in [9.17, 15) is 0 Å². The van der Waals surface area contributed by atoms with Gasteiger partial charge in [0.15, 0.2) is 0 Å². The fourth-order valence-corrected chi connectivity index (χ4v) is 2.09. The van der Waals surface area contributed by atoms with Crippen molar-refractivity contribution in [1.29, 1.82) is 0 Å². The minimum Gasteiger partial charge on any atom is -0.380 e. The molecular weight excluding hydrogens is 212 g/mol. The summed E-state index contributed by atoms with van der Waals surface area (Å²) in [5.74, 6) is 0. The first-order chi connectivity index (χ1) is 8.08. The summed E-state index contributed by atoms with van der Waals surface area (Å²) in [6, 6.07) is 0. The Balaban J connectivity index is 1.78. The fourth-order valence-electron chi connectivity index (χ4n) is 2.09. The molecule has 17 heavy (non-hydrogen) atoms. The van der Waals surface area contributed by atoms with Crippen molar-refractivity contribution in [2.45, 2.75) is 52.0 Å². The van der Waals surface area contributed by atoms with Crippen molar-refractivity contribution in [2.24, 2.45) is 0 Å². The van der Waals surface area contributed by atoms with Gasteiger partial charge in [0.1, 0.15) is 0 Å². The van der Waals surface area contributed by atoms with E-state index in [1.54, 1.807) is 0 Å². The second kappa shape index (κ2) is 8.06. The van der Waals surface area contributed by atoms with Crippen LogP contribution in [0.4, 0.5) is 0 Å². The lowest BCUT2D eigenvalue weighted by Gasteiger charge is -2.20. The molecule has 1 saturated heterocycles. The van der Waals surface area contributed by atoms with Gasteiger partial charge >= 0.3 is 0 Å². The van der Waals surface area contributed by atoms with Crippen LogP contribution in [-0.4, -0.2) is 49.8 Å². The highest BCUT2D eigenvalue weighted by Crippen LogP contribution is 2.06. The molecule has 3 nitrogen and oxygen atoms in total. The number of ether oxygens (including phenoxy) is 1. The van der Waals surface area contributed by atoms with Gasteiger partial charge in [-0.25, -0.2) is 0 Å². The van der Waals surface area contributed by atoms with Crippen LogP contribution in [0.1, 0.15) is 46.5 Å². The molecule has 3 heteroatoms. The molecule has 1 heterocycles. The monoisotopic (exact) mass is 242 g/mol. The summed E-state index contributed by atoms with van der Waals surface area (Å²) in [5.41, 5.74) is 0.247. The van der Waals surface area contributed by atoms with Gasteiger partial charge in [0, 0.05) is 18.7 Å². The highest BCUT2D eigenvalue weighted by atomic mass is 16.5. The molecule has 1 N–H and O–H groups in total. The van der Waals surface area contributed by atoms with E-state index in [-0.39, 0.29) is 5.54 Å². The predicted octanol–water partition coefficient (Wildman–Crippen LogP) is 2.27. The zero-order valence-corrected chi connectivity index (χ0v) is 11.9. The number of unbranched alkanes of at least 4 members (excludes halogenated alkanes) is 1. The van der Waals surface area contributed by atoms with Gasteiger partial charge in [-0.1, -0.05) is 0 Å². The molecule has 1 rings (SSSR count). The molecule has 1 fully saturated rings. The van der Waals surface area contributed by atoms with E-state index in [2.05, 4.69) is 31.0 Å². The molecule has 0 spiro atoms. The van der Waals surface area contributed by atoms with Gasteiger partial charge in [-0.2, -0.15) is 0 Å². The standard InChI is InChI=1S/C14H30N2O/c1-14(2,3)15-8-4-7-12-17-13-11-16-9-5-6-10-16/h15H,4-13H2,1-3H3. The number of hydrogen-bond donors (Lipinski definition) is 1. The molecule has 0 aromatic heterocycles. The molecule has 1 aliphatic rings. The van der Waals surface area contributed by atoms with Gasteiger partial charge in [-0.3, -0.25) is 0 Å². The first kappa shape index (κ1) is 14.9. The van der Waals surface area contributed by atoms with E-state index in [1.165, 1.54) is 38.8 Å². The zero-order valence-electron chi connectivity index (χ0n) is 11.9. The topological polar surface area (TPSA) is 24.5 Å². The molecule has 102 valence electrons. The minimum atomic E-state index is 0.247. The quantitative estimate of drug-likeness (QED) is 0.661. The third-order valence-electron chi connectivity index (χ3n) is 3.12. The van der Waals surface area contributed by atoms with Crippen molar-refractivity contribution in [3.05, 3.63) is 0 Å². The maximum atomic E-state index is 5.66. The molecule has 0 saturated carbocycles. The second-order valence-corrected chi connectivity index (χ2v) is 6.05. The summed E-state index contributed by atoms with van der Waals surface area (Å²) in [7, 11) is 0. The Kier molecular flexibility index (Phi) is 7.09. The SMILES string of the molecule is CC(C)(C)NCCCCOCCN1CCCC1. The van der Waals surface area contributed by atoms with Crippen LogP contribution in [0.25, 0.3) is 0 Å². The number of nitrogens with one attached hydrogen (secondary N) is 1. The van der Waals surface area contributed by atoms with Gasteiger partial charge in [-0.05, 0) is 66.1 Å². The van der Waals surface area contributed by atoms with E-state index < -0.39 is 0 Å². The zero-order chi connectivity index (χ0) is 12.6. The summed E-state index contributed by atoms with van der Waals surface area (Å²) in [6.45, 7) is 13.2. The van der Waals surface area contributed by atoms with Crippen molar-refractivity contribution in [1.82, 2.24) is 10.2 Å². The van der Waals surface area contributed by atoms with Crippen LogP contribution < -0.4 is 5.32 Å². The van der Waals surface area contributed by atoms with Crippen molar-refractivity contribution in [2.75, 3.05) is 39.4 Å². The summed E-state index contributed by atoms with van der Waals surface area (Å²) in [4.78, 5) is 2.50. The smallest absolute Gasteiger partial charge is 0.0593 e. The van der Waals surface area contributed by atoms with E-state index in [1.807, 2.05) is 0 Å². The molecule has 0 aromatic rings. The van der Waals surface area contributed by atoms with Gasteiger partial charge in [0.25, 0.3) is 0 Å². The molecule has 0 atom stereocenters. The maximum absolute atomic E-state index is 5.66. The van der Waals surface area contributed by atoms with Gasteiger partial charge < -0.3 is 15.0 Å². The summed E-state index contributed by atoms with van der Waals surface area (Å²) < 4.78 is 5.66. The second-order valence-electron chi connectivity index (χ2n) is 6.05. The van der Waals surface area contributed by atoms with E-state index in [0.29, 0.717) is 0 Å². The van der Waals surface area contributed by atoms with Crippen molar-refractivity contribution in [3.63, 3.8) is 0 Å². The van der Waals surface area contributed by atoms with Crippen LogP contribution in [0.2, 0.25) is 0 Å². The van der Waals surface area contributed by atoms with Crippen LogP contribution in [0.3, 0.4) is 0 Å². The molecule has 0 unspecified atom stereocenters. The molecule has 0 amide bonds. The van der Waals surface area contributed by atoms with Crippen LogP contribution >= 0.6 is 0 Å². The Labute approximate surface area is 107 Å². The van der Waals surface area contributed by atoms with E-state index >= 15 is 0 Å². The molecule has 0 aromatic carbocycles. The first-order valence-corrected chi connectivity index (χ1v) is 7.13. The Hall–Kier alpha value is -0.120. The molecule has 0 radical (unpaired) electrons. The lowest BCUT2D eigenvalue weighted by atomic mass is 10.1. The van der Waals surface area contributed by atoms with Crippen LogP contribution in [0, 0.1) is 0 Å². The number of likely N-dealkylation sites (tertiary alicyclic amines) is 1. The number of rotatable bonds is 8. The van der Waals surface area contributed by atoms with Crippen molar-refractivity contribution in [3.8, 4) is 0 Å². The predicted molar refractivity (Wildman–Crippen MR) is 73.5 cm³/mol. The maximum Gasteiger partial charge on any atom is 0.0593 e. The number of hydrogen-bond acceptors (Lipinski definition) is 3. The Morgan fingerprint density at radius 1 is 1.06 bits per heavy atom. The van der Waals surface area contributed by atoms with Crippen molar-refractivity contribution < 1.29 is 4.74 Å². The normalized spacial score (nSPS) is 17.8. The average molecular weight is 242 g/mol. The van der Waals surface area contributed by atoms with Gasteiger partial charge in [-0.15, -0.1) is 0 Å². The van der Waals surface area contributed by atoms with Gasteiger partial charge in [0.05, 0.1) is 6.61 Å². The molecule has 1 aliphatic heterocycles. The lowest BCUT2D eigenvalue weighted by molar-refractivity contribution is 0.108. The largest absolute Gasteiger partial charge is 0.380 e. The minimum absolute atomic E-state index is 0.247. The van der Waals surface area contributed by atoms with Crippen LogP contribution in [0.15, 0.2) is 0 Å². The fraction of sp³-hybridized carbons (Fsp3) is 1.00. The summed E-state index contributed by atoms with van der Waals surface area (Å²) in [6.07, 6.45) is 5.13. The third kappa shape index (κ3) is 8.58. The van der Waals surface area contributed by atoms with Crippen LogP contribution in [-0.2, 0) is 4.74 Å². The van der Waals surface area contributed by atoms with E-state index in [0.717, 1.165) is 26.3 Å². The average Bonchev–Trinajstić information content (AvgIpc) is 2.73. The van der Waals surface area contributed by atoms with Crippen molar-refractivity contribution >= 4 is 0 Å². The third-order valence-corrected chi connectivity index (χ3v) is 3.12. The summed E-state index contributed by atoms with van der Waals surface area (Å²) in [5, 5.41) is 3.49.